The molecule has 134 valence electrons. The molecule has 1 atom stereocenters. The zero-order valence-electron chi connectivity index (χ0n) is 14.5. The molecule has 1 fully saturated rings. The maximum atomic E-state index is 13.2. The largest absolute Gasteiger partial charge is 0.330 e. The molecule has 0 spiro atoms. The third-order valence-electron chi connectivity index (χ3n) is 4.83. The van der Waals surface area contributed by atoms with Crippen LogP contribution in [0.5, 0.6) is 0 Å². The van der Waals surface area contributed by atoms with E-state index in [2.05, 4.69) is 5.32 Å². The minimum Gasteiger partial charge on any atom is -0.330 e. The molecule has 0 saturated carbocycles. The molecule has 1 amide bonds. The first-order valence-electron chi connectivity index (χ1n) is 8.26. The number of benzene rings is 2. The molecule has 1 aliphatic rings. The number of nitrogens with one attached hydrogen (secondary N) is 1. The number of carbonyl (C=O) groups excluding carboxylic acids is 1. The van der Waals surface area contributed by atoms with Crippen LogP contribution >= 0.6 is 0 Å². The molecular formula is C18H23N3O3S. The van der Waals surface area contributed by atoms with Gasteiger partial charge in [0.15, 0.2) is 0 Å². The van der Waals surface area contributed by atoms with E-state index in [0.29, 0.717) is 36.1 Å². The van der Waals surface area contributed by atoms with Crippen molar-refractivity contribution >= 4 is 32.4 Å². The predicted molar refractivity (Wildman–Crippen MR) is 98.8 cm³/mol. The van der Waals surface area contributed by atoms with Crippen molar-refractivity contribution in [3.63, 3.8) is 0 Å². The summed E-state index contributed by atoms with van der Waals surface area (Å²) in [6.45, 7) is 4.80. The van der Waals surface area contributed by atoms with Gasteiger partial charge in [-0.25, -0.2) is 8.42 Å². The standard InChI is InChI=1S/C18H23N3O3S/c1-13(22)20-16-7-8-17(15-6-4-3-5-14(15)16)25(23,24)21-10-9-18(2,11-19)12-21/h3-8H,9-12,19H2,1-2H3,(H,20,22). The molecule has 3 N–H and O–H groups in total. The minimum atomic E-state index is -3.63. The van der Waals surface area contributed by atoms with Crippen LogP contribution in [0.1, 0.15) is 20.3 Å². The van der Waals surface area contributed by atoms with Crippen molar-refractivity contribution in [3.8, 4) is 0 Å². The summed E-state index contributed by atoms with van der Waals surface area (Å²) < 4.78 is 27.9. The normalized spacial score (nSPS) is 21.6. The van der Waals surface area contributed by atoms with Crippen molar-refractivity contribution in [3.05, 3.63) is 36.4 Å². The number of rotatable bonds is 4. The highest BCUT2D eigenvalue weighted by Crippen LogP contribution is 2.36. The summed E-state index contributed by atoms with van der Waals surface area (Å²) in [7, 11) is -3.63. The van der Waals surface area contributed by atoms with Crippen molar-refractivity contribution in [2.75, 3.05) is 25.0 Å². The van der Waals surface area contributed by atoms with Gasteiger partial charge in [0.25, 0.3) is 0 Å². The summed E-state index contributed by atoms with van der Waals surface area (Å²) >= 11 is 0. The predicted octanol–water partition coefficient (Wildman–Crippen LogP) is 2.16. The number of fused-ring (bicyclic) bond motifs is 1. The lowest BCUT2D eigenvalue weighted by atomic mass is 9.90. The van der Waals surface area contributed by atoms with Crippen LogP contribution in [0.3, 0.4) is 0 Å². The van der Waals surface area contributed by atoms with Gasteiger partial charge in [0.2, 0.25) is 15.9 Å². The number of sulfonamides is 1. The van der Waals surface area contributed by atoms with Crippen molar-refractivity contribution in [1.29, 1.82) is 0 Å². The van der Waals surface area contributed by atoms with E-state index in [-0.39, 0.29) is 16.2 Å². The van der Waals surface area contributed by atoms with Crippen LogP contribution in [-0.2, 0) is 14.8 Å². The van der Waals surface area contributed by atoms with Gasteiger partial charge in [-0.1, -0.05) is 31.2 Å². The first-order valence-corrected chi connectivity index (χ1v) is 9.70. The molecule has 6 nitrogen and oxygen atoms in total. The zero-order valence-corrected chi connectivity index (χ0v) is 15.3. The van der Waals surface area contributed by atoms with Crippen molar-refractivity contribution in [2.45, 2.75) is 25.2 Å². The van der Waals surface area contributed by atoms with Gasteiger partial charge in [-0.3, -0.25) is 4.79 Å². The van der Waals surface area contributed by atoms with Crippen molar-refractivity contribution in [1.82, 2.24) is 4.31 Å². The van der Waals surface area contributed by atoms with E-state index in [1.165, 1.54) is 11.2 Å². The van der Waals surface area contributed by atoms with Gasteiger partial charge in [-0.2, -0.15) is 4.31 Å². The Bertz CT molecular complexity index is 926. The fourth-order valence-corrected chi connectivity index (χ4v) is 5.07. The molecule has 1 aliphatic heterocycles. The summed E-state index contributed by atoms with van der Waals surface area (Å²) in [6.07, 6.45) is 0.755. The van der Waals surface area contributed by atoms with E-state index in [1.807, 2.05) is 19.1 Å². The molecule has 2 aromatic carbocycles. The second-order valence-electron chi connectivity index (χ2n) is 6.94. The molecule has 0 bridgehead atoms. The quantitative estimate of drug-likeness (QED) is 0.873. The molecule has 1 unspecified atom stereocenters. The number of carbonyl (C=O) groups is 1. The highest BCUT2D eigenvalue weighted by Gasteiger charge is 2.39. The van der Waals surface area contributed by atoms with E-state index in [0.717, 1.165) is 6.42 Å². The maximum absolute atomic E-state index is 13.2. The van der Waals surface area contributed by atoms with E-state index in [1.54, 1.807) is 24.3 Å². The molecule has 0 aromatic heterocycles. The Kier molecular flexibility index (Phi) is 4.57. The van der Waals surface area contributed by atoms with Gasteiger partial charge < -0.3 is 11.1 Å². The average Bonchev–Trinajstić information content (AvgIpc) is 2.98. The van der Waals surface area contributed by atoms with Crippen LogP contribution in [0, 0.1) is 5.41 Å². The lowest BCUT2D eigenvalue weighted by molar-refractivity contribution is -0.114. The first-order chi connectivity index (χ1) is 11.8. The summed E-state index contributed by atoms with van der Waals surface area (Å²) in [5.74, 6) is -0.195. The monoisotopic (exact) mass is 361 g/mol. The third kappa shape index (κ3) is 3.27. The Morgan fingerprint density at radius 3 is 2.52 bits per heavy atom. The van der Waals surface area contributed by atoms with Crippen LogP contribution in [0.2, 0.25) is 0 Å². The lowest BCUT2D eigenvalue weighted by Gasteiger charge is -2.23. The van der Waals surface area contributed by atoms with Gasteiger partial charge in [0.1, 0.15) is 0 Å². The molecule has 2 aromatic rings. The topological polar surface area (TPSA) is 92.5 Å². The van der Waals surface area contributed by atoms with Gasteiger partial charge in [0, 0.05) is 36.5 Å². The van der Waals surface area contributed by atoms with Gasteiger partial charge in [0.05, 0.1) is 4.90 Å². The number of hydrogen-bond donors (Lipinski definition) is 2. The smallest absolute Gasteiger partial charge is 0.243 e. The number of amides is 1. The Morgan fingerprint density at radius 1 is 1.24 bits per heavy atom. The Morgan fingerprint density at radius 2 is 1.92 bits per heavy atom. The van der Waals surface area contributed by atoms with E-state index < -0.39 is 10.0 Å². The summed E-state index contributed by atoms with van der Waals surface area (Å²) in [5, 5.41) is 4.07. The second-order valence-corrected chi connectivity index (χ2v) is 8.85. The summed E-state index contributed by atoms with van der Waals surface area (Å²) in [5.41, 5.74) is 6.23. The average molecular weight is 361 g/mol. The fraction of sp³-hybridized carbons (Fsp3) is 0.389. The molecule has 0 aliphatic carbocycles. The summed E-state index contributed by atoms with van der Waals surface area (Å²) in [4.78, 5) is 11.7. The number of nitrogens with two attached hydrogens (primary N) is 1. The van der Waals surface area contributed by atoms with Crippen LogP contribution in [0.15, 0.2) is 41.3 Å². The Hall–Kier alpha value is -1.96. The van der Waals surface area contributed by atoms with Gasteiger partial charge in [-0.15, -0.1) is 0 Å². The van der Waals surface area contributed by atoms with E-state index in [9.17, 15) is 13.2 Å². The Labute approximate surface area is 148 Å². The molecule has 3 rings (SSSR count). The van der Waals surface area contributed by atoms with Crippen LogP contribution < -0.4 is 11.1 Å². The second kappa shape index (κ2) is 6.40. The highest BCUT2D eigenvalue weighted by molar-refractivity contribution is 7.89. The van der Waals surface area contributed by atoms with Crippen LogP contribution in [0.4, 0.5) is 5.69 Å². The number of anilines is 1. The lowest BCUT2D eigenvalue weighted by Crippen LogP contribution is -2.34. The van der Waals surface area contributed by atoms with E-state index >= 15 is 0 Å². The molecule has 7 heteroatoms. The maximum Gasteiger partial charge on any atom is 0.243 e. The Balaban J connectivity index is 2.09. The minimum absolute atomic E-state index is 0.182. The summed E-state index contributed by atoms with van der Waals surface area (Å²) in [6, 6.07) is 10.4. The molecule has 1 heterocycles. The fourth-order valence-electron chi connectivity index (χ4n) is 3.28. The molecule has 0 radical (unpaired) electrons. The SMILES string of the molecule is CC(=O)Nc1ccc(S(=O)(=O)N2CCC(C)(CN)C2)c2ccccc12. The van der Waals surface area contributed by atoms with Crippen molar-refractivity contribution < 1.29 is 13.2 Å². The number of nitrogens with zero attached hydrogens (tertiary/aromatic N) is 1. The van der Waals surface area contributed by atoms with Crippen molar-refractivity contribution in [2.24, 2.45) is 11.1 Å². The number of hydrogen-bond acceptors (Lipinski definition) is 4. The molecular weight excluding hydrogens is 338 g/mol. The van der Waals surface area contributed by atoms with Crippen LogP contribution in [-0.4, -0.2) is 38.3 Å². The zero-order chi connectivity index (χ0) is 18.2. The van der Waals surface area contributed by atoms with Gasteiger partial charge in [-0.05, 0) is 30.5 Å². The third-order valence-corrected chi connectivity index (χ3v) is 6.73. The van der Waals surface area contributed by atoms with E-state index in [4.69, 9.17) is 5.73 Å². The molecule has 25 heavy (non-hydrogen) atoms. The highest BCUT2D eigenvalue weighted by atomic mass is 32.2. The molecule has 1 saturated heterocycles. The first kappa shape index (κ1) is 17.8. The van der Waals surface area contributed by atoms with Gasteiger partial charge >= 0.3 is 0 Å². The van der Waals surface area contributed by atoms with Crippen LogP contribution in [0.25, 0.3) is 10.8 Å².